The maximum absolute atomic E-state index is 13.0. The lowest BCUT2D eigenvalue weighted by Gasteiger charge is -2.33. The molecule has 25 heavy (non-hydrogen) atoms. The third kappa shape index (κ3) is 2.56. The van der Waals surface area contributed by atoms with E-state index in [9.17, 15) is 4.79 Å². The average Bonchev–Trinajstić information content (AvgIpc) is 2.67. The molecule has 6 nitrogen and oxygen atoms in total. The topological polar surface area (TPSA) is 73.1 Å². The second-order valence-corrected chi connectivity index (χ2v) is 5.93. The van der Waals surface area contributed by atoms with Gasteiger partial charge in [-0.1, -0.05) is 12.1 Å². The Labute approximate surface area is 145 Å². The summed E-state index contributed by atoms with van der Waals surface area (Å²) in [4.78, 5) is 26.0. The van der Waals surface area contributed by atoms with Crippen LogP contribution in [-0.2, 0) is 0 Å². The number of aromatic nitrogens is 2. The second kappa shape index (κ2) is 5.87. The van der Waals surface area contributed by atoms with E-state index in [1.165, 1.54) is 0 Å². The van der Waals surface area contributed by atoms with E-state index < -0.39 is 0 Å². The summed E-state index contributed by atoms with van der Waals surface area (Å²) in [6.07, 6.45) is 0. The van der Waals surface area contributed by atoms with Crippen LogP contribution in [0.4, 0.5) is 11.6 Å². The van der Waals surface area contributed by atoms with E-state index in [0.717, 1.165) is 11.0 Å². The molecule has 1 aromatic heterocycles. The zero-order valence-corrected chi connectivity index (χ0v) is 13.7. The third-order valence-corrected chi connectivity index (χ3v) is 4.32. The van der Waals surface area contributed by atoms with Gasteiger partial charge in [-0.25, -0.2) is 9.97 Å². The highest BCUT2D eigenvalue weighted by Crippen LogP contribution is 2.31. The number of fused-ring (bicyclic) bond motifs is 2. The summed E-state index contributed by atoms with van der Waals surface area (Å²) in [6.45, 7) is 1.22. The first-order chi connectivity index (χ1) is 12.2. The minimum absolute atomic E-state index is 0.136. The van der Waals surface area contributed by atoms with Gasteiger partial charge in [0, 0.05) is 25.7 Å². The van der Waals surface area contributed by atoms with E-state index in [4.69, 9.17) is 5.26 Å². The smallest absolute Gasteiger partial charge is 0.259 e. The molecule has 2 heterocycles. The lowest BCUT2D eigenvalue weighted by atomic mass is 10.1. The number of likely N-dealkylation sites (N-methyl/N-ethyl adjacent to an activating group) is 1. The van der Waals surface area contributed by atoms with Crippen LogP contribution >= 0.6 is 0 Å². The van der Waals surface area contributed by atoms with Gasteiger partial charge in [0.05, 0.1) is 22.7 Å². The molecule has 1 amide bonds. The predicted molar refractivity (Wildman–Crippen MR) is 95.6 cm³/mol. The standard InChI is InChI=1S/C19H15N5O/c1-23-10-11-24(19(25)14-8-6-13(12-20)7-9-14)18-17(23)21-15-4-2-3-5-16(15)22-18/h2-9H,10-11H2,1H3. The first-order valence-corrected chi connectivity index (χ1v) is 7.97. The number of carbonyl (C=O) groups is 1. The Balaban J connectivity index is 1.79. The number of hydrogen-bond acceptors (Lipinski definition) is 5. The van der Waals surface area contributed by atoms with Gasteiger partial charge in [0.1, 0.15) is 0 Å². The predicted octanol–water partition coefficient (Wildman–Crippen LogP) is 2.60. The fraction of sp³-hybridized carbons (Fsp3) is 0.158. The summed E-state index contributed by atoms with van der Waals surface area (Å²) in [7, 11) is 1.95. The van der Waals surface area contributed by atoms with Crippen molar-refractivity contribution < 1.29 is 4.79 Å². The van der Waals surface area contributed by atoms with E-state index in [2.05, 4.69) is 16.0 Å². The number of hydrogen-bond donors (Lipinski definition) is 0. The van der Waals surface area contributed by atoms with Gasteiger partial charge in [-0.05, 0) is 36.4 Å². The highest BCUT2D eigenvalue weighted by Gasteiger charge is 2.29. The van der Waals surface area contributed by atoms with Crippen LogP contribution in [0.3, 0.4) is 0 Å². The Morgan fingerprint density at radius 2 is 1.64 bits per heavy atom. The molecule has 0 atom stereocenters. The molecule has 0 radical (unpaired) electrons. The van der Waals surface area contributed by atoms with Gasteiger partial charge in [0.25, 0.3) is 5.91 Å². The molecule has 0 bridgehead atoms. The highest BCUT2D eigenvalue weighted by molar-refractivity contribution is 6.08. The average molecular weight is 329 g/mol. The number of nitrogens with zero attached hydrogens (tertiary/aromatic N) is 5. The molecule has 4 rings (SSSR count). The normalized spacial score (nSPS) is 13.4. The van der Waals surface area contributed by atoms with Crippen molar-refractivity contribution in [2.45, 2.75) is 0 Å². The quantitative estimate of drug-likeness (QED) is 0.686. The van der Waals surface area contributed by atoms with Crippen molar-refractivity contribution in [2.75, 3.05) is 29.9 Å². The van der Waals surface area contributed by atoms with Crippen LogP contribution in [0.2, 0.25) is 0 Å². The molecule has 0 unspecified atom stereocenters. The van der Waals surface area contributed by atoms with Gasteiger partial charge in [-0.3, -0.25) is 9.69 Å². The Hall–Kier alpha value is -3.46. The number of carbonyl (C=O) groups excluding carboxylic acids is 1. The Morgan fingerprint density at radius 1 is 1.00 bits per heavy atom. The lowest BCUT2D eigenvalue weighted by molar-refractivity contribution is 0.0986. The summed E-state index contributed by atoms with van der Waals surface area (Å²) in [6, 6.07) is 16.3. The van der Waals surface area contributed by atoms with Crippen LogP contribution in [0.15, 0.2) is 48.5 Å². The van der Waals surface area contributed by atoms with E-state index in [-0.39, 0.29) is 5.91 Å². The summed E-state index contributed by atoms with van der Waals surface area (Å²) in [5.74, 6) is 1.14. The van der Waals surface area contributed by atoms with Gasteiger partial charge in [0.2, 0.25) is 0 Å². The molecule has 0 saturated heterocycles. The zero-order valence-electron chi connectivity index (χ0n) is 13.7. The molecule has 0 saturated carbocycles. The lowest BCUT2D eigenvalue weighted by Crippen LogP contribution is -2.43. The van der Waals surface area contributed by atoms with Crippen LogP contribution in [0.25, 0.3) is 11.0 Å². The van der Waals surface area contributed by atoms with Crippen molar-refractivity contribution in [1.29, 1.82) is 5.26 Å². The number of para-hydroxylation sites is 2. The van der Waals surface area contributed by atoms with Crippen LogP contribution in [0.5, 0.6) is 0 Å². The largest absolute Gasteiger partial charge is 0.355 e. The Kier molecular flexibility index (Phi) is 3.55. The van der Waals surface area contributed by atoms with E-state index in [1.54, 1.807) is 29.2 Å². The van der Waals surface area contributed by atoms with Gasteiger partial charge < -0.3 is 4.90 Å². The van der Waals surface area contributed by atoms with Crippen LogP contribution in [0, 0.1) is 11.3 Å². The van der Waals surface area contributed by atoms with Gasteiger partial charge in [0.15, 0.2) is 11.6 Å². The maximum Gasteiger partial charge on any atom is 0.259 e. The molecule has 3 aromatic rings. The van der Waals surface area contributed by atoms with Crippen molar-refractivity contribution in [2.24, 2.45) is 0 Å². The van der Waals surface area contributed by atoms with Crippen molar-refractivity contribution in [3.63, 3.8) is 0 Å². The molecular formula is C19H15N5O. The van der Waals surface area contributed by atoms with E-state index >= 15 is 0 Å². The summed E-state index contributed by atoms with van der Waals surface area (Å²) in [5.41, 5.74) is 2.63. The summed E-state index contributed by atoms with van der Waals surface area (Å²) >= 11 is 0. The number of anilines is 2. The Bertz CT molecular complexity index is 1010. The Morgan fingerprint density at radius 3 is 2.28 bits per heavy atom. The second-order valence-electron chi connectivity index (χ2n) is 5.93. The van der Waals surface area contributed by atoms with Crippen LogP contribution in [0.1, 0.15) is 15.9 Å². The fourth-order valence-electron chi connectivity index (χ4n) is 2.92. The van der Waals surface area contributed by atoms with Gasteiger partial charge in [-0.15, -0.1) is 0 Å². The molecule has 2 aromatic carbocycles. The molecule has 6 heteroatoms. The number of nitriles is 1. The maximum atomic E-state index is 13.0. The fourth-order valence-corrected chi connectivity index (χ4v) is 2.92. The number of rotatable bonds is 1. The van der Waals surface area contributed by atoms with Gasteiger partial charge >= 0.3 is 0 Å². The molecule has 1 aliphatic heterocycles. The van der Waals surface area contributed by atoms with Crippen LogP contribution in [-0.4, -0.2) is 36.0 Å². The minimum Gasteiger partial charge on any atom is -0.355 e. The van der Waals surface area contributed by atoms with Crippen molar-refractivity contribution in [3.05, 3.63) is 59.7 Å². The summed E-state index contributed by atoms with van der Waals surface area (Å²) in [5, 5.41) is 8.91. The molecule has 1 aliphatic rings. The van der Waals surface area contributed by atoms with Crippen molar-refractivity contribution >= 4 is 28.6 Å². The highest BCUT2D eigenvalue weighted by atomic mass is 16.2. The van der Waals surface area contributed by atoms with Crippen LogP contribution < -0.4 is 9.80 Å². The van der Waals surface area contributed by atoms with Gasteiger partial charge in [-0.2, -0.15) is 5.26 Å². The zero-order chi connectivity index (χ0) is 17.4. The molecule has 0 aliphatic carbocycles. The molecule has 0 fully saturated rings. The first kappa shape index (κ1) is 15.1. The van der Waals surface area contributed by atoms with Crippen molar-refractivity contribution in [1.82, 2.24) is 9.97 Å². The first-order valence-electron chi connectivity index (χ1n) is 7.97. The summed E-state index contributed by atoms with van der Waals surface area (Å²) < 4.78 is 0. The minimum atomic E-state index is -0.136. The molecule has 0 N–H and O–H groups in total. The molecular weight excluding hydrogens is 314 g/mol. The van der Waals surface area contributed by atoms with E-state index in [1.807, 2.05) is 36.2 Å². The SMILES string of the molecule is CN1CCN(C(=O)c2ccc(C#N)cc2)c2nc3ccccc3nc21. The van der Waals surface area contributed by atoms with E-state index in [0.29, 0.717) is 35.9 Å². The molecule has 0 spiro atoms. The monoisotopic (exact) mass is 329 g/mol. The number of benzene rings is 2. The molecule has 122 valence electrons. The third-order valence-electron chi connectivity index (χ3n) is 4.32. The number of amides is 1. The van der Waals surface area contributed by atoms with Crippen molar-refractivity contribution in [3.8, 4) is 6.07 Å².